The van der Waals surface area contributed by atoms with E-state index in [1.165, 1.54) is 0 Å². The summed E-state index contributed by atoms with van der Waals surface area (Å²) in [4.78, 5) is 26.3. The molecular formula is C18H22ClN3O2. The molecule has 1 unspecified atom stereocenters. The molecule has 2 aromatic carbocycles. The van der Waals surface area contributed by atoms with Gasteiger partial charge in [-0.3, -0.25) is 9.59 Å². The molecule has 128 valence electrons. The number of hydrogen-bond acceptors (Lipinski definition) is 3. The van der Waals surface area contributed by atoms with E-state index in [2.05, 4.69) is 5.32 Å². The molecule has 1 aliphatic heterocycles. The highest BCUT2D eigenvalue weighted by atomic mass is 35.5. The third-order valence-corrected chi connectivity index (χ3v) is 4.23. The van der Waals surface area contributed by atoms with Crippen molar-refractivity contribution in [2.75, 3.05) is 24.5 Å². The highest BCUT2D eigenvalue weighted by Gasteiger charge is 2.35. The standard InChI is InChI=1S/C18H21N3O2.ClH/c19-9-4-10-20-18(23)14-11-17(22)21(12-14)16-8-3-6-13-5-1-2-7-15(13)16;/h1-3,5-8,14H,4,9-12,19H2,(H,20,23);1H. The zero-order valence-electron chi connectivity index (χ0n) is 13.4. The minimum Gasteiger partial charge on any atom is -0.356 e. The molecule has 1 heterocycles. The fourth-order valence-corrected chi connectivity index (χ4v) is 3.02. The van der Waals surface area contributed by atoms with Gasteiger partial charge in [0.2, 0.25) is 11.8 Å². The van der Waals surface area contributed by atoms with Crippen molar-refractivity contribution in [3.63, 3.8) is 0 Å². The summed E-state index contributed by atoms with van der Waals surface area (Å²) in [7, 11) is 0. The van der Waals surface area contributed by atoms with E-state index in [1.54, 1.807) is 4.90 Å². The van der Waals surface area contributed by atoms with Crippen LogP contribution in [-0.2, 0) is 9.59 Å². The highest BCUT2D eigenvalue weighted by molar-refractivity contribution is 6.06. The van der Waals surface area contributed by atoms with Crippen LogP contribution < -0.4 is 16.0 Å². The Hall–Kier alpha value is -2.11. The number of anilines is 1. The van der Waals surface area contributed by atoms with Crippen LogP contribution in [-0.4, -0.2) is 31.4 Å². The first kappa shape index (κ1) is 18.2. The molecule has 3 rings (SSSR count). The summed E-state index contributed by atoms with van der Waals surface area (Å²) >= 11 is 0. The van der Waals surface area contributed by atoms with Gasteiger partial charge >= 0.3 is 0 Å². The first-order chi connectivity index (χ1) is 11.2. The van der Waals surface area contributed by atoms with Crippen molar-refractivity contribution in [1.29, 1.82) is 0 Å². The van der Waals surface area contributed by atoms with E-state index in [0.717, 1.165) is 22.9 Å². The topological polar surface area (TPSA) is 75.4 Å². The Labute approximate surface area is 147 Å². The van der Waals surface area contributed by atoms with Crippen molar-refractivity contribution < 1.29 is 9.59 Å². The number of amides is 2. The molecule has 0 bridgehead atoms. The molecule has 1 atom stereocenters. The van der Waals surface area contributed by atoms with Crippen LogP contribution in [0.15, 0.2) is 42.5 Å². The maximum atomic E-state index is 12.4. The minimum atomic E-state index is -0.292. The number of carbonyl (C=O) groups excluding carboxylic acids is 2. The van der Waals surface area contributed by atoms with Crippen molar-refractivity contribution >= 4 is 40.7 Å². The normalized spacial score (nSPS) is 17.0. The van der Waals surface area contributed by atoms with E-state index >= 15 is 0 Å². The van der Waals surface area contributed by atoms with Crippen LogP contribution in [0.4, 0.5) is 5.69 Å². The van der Waals surface area contributed by atoms with E-state index in [0.29, 0.717) is 19.6 Å². The maximum Gasteiger partial charge on any atom is 0.227 e. The predicted octanol–water partition coefficient (Wildman–Crippen LogP) is 2.08. The summed E-state index contributed by atoms with van der Waals surface area (Å²) in [5.41, 5.74) is 6.31. The monoisotopic (exact) mass is 347 g/mol. The van der Waals surface area contributed by atoms with Gasteiger partial charge in [-0.25, -0.2) is 0 Å². The van der Waals surface area contributed by atoms with Gasteiger partial charge in [-0.2, -0.15) is 0 Å². The summed E-state index contributed by atoms with van der Waals surface area (Å²) in [6.07, 6.45) is 1.01. The first-order valence-corrected chi connectivity index (χ1v) is 7.96. The smallest absolute Gasteiger partial charge is 0.227 e. The zero-order chi connectivity index (χ0) is 16.2. The van der Waals surface area contributed by atoms with Gasteiger partial charge < -0.3 is 16.0 Å². The molecule has 1 saturated heterocycles. The maximum absolute atomic E-state index is 12.4. The molecule has 0 saturated carbocycles. The average Bonchev–Trinajstić information content (AvgIpc) is 2.96. The Morgan fingerprint density at radius 3 is 2.75 bits per heavy atom. The van der Waals surface area contributed by atoms with Crippen LogP contribution in [0.25, 0.3) is 10.8 Å². The molecule has 0 aromatic heterocycles. The van der Waals surface area contributed by atoms with E-state index < -0.39 is 0 Å². The second-order valence-electron chi connectivity index (χ2n) is 5.84. The molecule has 5 nitrogen and oxygen atoms in total. The summed E-state index contributed by atoms with van der Waals surface area (Å²) in [5.74, 6) is -0.353. The number of halogens is 1. The van der Waals surface area contributed by atoms with E-state index in [-0.39, 0.29) is 36.6 Å². The van der Waals surface area contributed by atoms with Crippen molar-refractivity contribution in [2.24, 2.45) is 11.7 Å². The zero-order valence-corrected chi connectivity index (χ0v) is 14.2. The lowest BCUT2D eigenvalue weighted by Gasteiger charge is -2.19. The molecule has 1 fully saturated rings. The molecule has 1 aliphatic rings. The number of nitrogens with zero attached hydrogens (tertiary/aromatic N) is 1. The third-order valence-electron chi connectivity index (χ3n) is 4.23. The van der Waals surface area contributed by atoms with Gasteiger partial charge in [0.15, 0.2) is 0 Å². The molecule has 6 heteroatoms. The molecule has 2 aromatic rings. The quantitative estimate of drug-likeness (QED) is 0.813. The van der Waals surface area contributed by atoms with Gasteiger partial charge in [-0.05, 0) is 24.4 Å². The van der Waals surface area contributed by atoms with Gasteiger partial charge in [-0.15, -0.1) is 12.4 Å². The van der Waals surface area contributed by atoms with Crippen LogP contribution >= 0.6 is 12.4 Å². The van der Waals surface area contributed by atoms with E-state index in [1.807, 2.05) is 42.5 Å². The van der Waals surface area contributed by atoms with Gasteiger partial charge in [-0.1, -0.05) is 36.4 Å². The average molecular weight is 348 g/mol. The summed E-state index contributed by atoms with van der Waals surface area (Å²) in [6, 6.07) is 13.9. The van der Waals surface area contributed by atoms with Crippen molar-refractivity contribution in [1.82, 2.24) is 5.32 Å². The number of nitrogens with two attached hydrogens (primary N) is 1. The molecule has 0 aliphatic carbocycles. The summed E-state index contributed by atoms with van der Waals surface area (Å²) in [5, 5.41) is 4.98. The third kappa shape index (κ3) is 3.68. The molecule has 24 heavy (non-hydrogen) atoms. The van der Waals surface area contributed by atoms with Crippen molar-refractivity contribution in [3.8, 4) is 0 Å². The van der Waals surface area contributed by atoms with E-state index in [4.69, 9.17) is 5.73 Å². The van der Waals surface area contributed by atoms with Crippen LogP contribution in [0.2, 0.25) is 0 Å². The van der Waals surface area contributed by atoms with Crippen LogP contribution in [0.1, 0.15) is 12.8 Å². The van der Waals surface area contributed by atoms with Crippen LogP contribution in [0.5, 0.6) is 0 Å². The fraction of sp³-hybridized carbons (Fsp3) is 0.333. The lowest BCUT2D eigenvalue weighted by Crippen LogP contribution is -2.34. The number of nitrogens with one attached hydrogen (secondary N) is 1. The van der Waals surface area contributed by atoms with Crippen molar-refractivity contribution in [2.45, 2.75) is 12.8 Å². The first-order valence-electron chi connectivity index (χ1n) is 7.96. The minimum absolute atomic E-state index is 0. The lowest BCUT2D eigenvalue weighted by atomic mass is 10.1. The number of fused-ring (bicyclic) bond motifs is 1. The molecule has 2 amide bonds. The Morgan fingerprint density at radius 2 is 1.96 bits per heavy atom. The Kier molecular flexibility index (Phi) is 6.17. The summed E-state index contributed by atoms with van der Waals surface area (Å²) < 4.78 is 0. The Bertz CT molecular complexity index is 730. The number of carbonyl (C=O) groups is 2. The van der Waals surface area contributed by atoms with Crippen molar-refractivity contribution in [3.05, 3.63) is 42.5 Å². The Balaban J connectivity index is 0.00000208. The summed E-state index contributed by atoms with van der Waals surface area (Å²) in [6.45, 7) is 1.54. The molecular weight excluding hydrogens is 326 g/mol. The van der Waals surface area contributed by atoms with E-state index in [9.17, 15) is 9.59 Å². The number of benzene rings is 2. The van der Waals surface area contributed by atoms with Gasteiger partial charge in [0.1, 0.15) is 0 Å². The second kappa shape index (κ2) is 8.13. The van der Waals surface area contributed by atoms with Gasteiger partial charge in [0, 0.05) is 24.9 Å². The molecule has 0 spiro atoms. The SMILES string of the molecule is Cl.NCCCNC(=O)C1CC(=O)N(c2cccc3ccccc23)C1. The van der Waals surface area contributed by atoms with Crippen LogP contribution in [0, 0.1) is 5.92 Å². The largest absolute Gasteiger partial charge is 0.356 e. The molecule has 3 N–H and O–H groups in total. The number of hydrogen-bond donors (Lipinski definition) is 2. The predicted molar refractivity (Wildman–Crippen MR) is 98.3 cm³/mol. The van der Waals surface area contributed by atoms with Crippen LogP contribution in [0.3, 0.4) is 0 Å². The number of rotatable bonds is 5. The highest BCUT2D eigenvalue weighted by Crippen LogP contribution is 2.31. The fourth-order valence-electron chi connectivity index (χ4n) is 3.02. The lowest BCUT2D eigenvalue weighted by molar-refractivity contribution is -0.126. The Morgan fingerprint density at radius 1 is 1.21 bits per heavy atom. The molecule has 0 radical (unpaired) electrons. The second-order valence-corrected chi connectivity index (χ2v) is 5.84. The van der Waals surface area contributed by atoms with Gasteiger partial charge in [0.05, 0.1) is 11.6 Å². The van der Waals surface area contributed by atoms with Gasteiger partial charge in [0.25, 0.3) is 0 Å².